The Kier molecular flexibility index (Phi) is 2.90. The maximum Gasteiger partial charge on any atom is 0.279 e. The van der Waals surface area contributed by atoms with Gasteiger partial charge in [0, 0.05) is 0 Å². The van der Waals surface area contributed by atoms with Gasteiger partial charge in [-0.3, -0.25) is 14.7 Å². The van der Waals surface area contributed by atoms with Crippen LogP contribution in [0.2, 0.25) is 0 Å². The van der Waals surface area contributed by atoms with Crippen LogP contribution in [0.1, 0.15) is 0 Å². The molecule has 5 atom stereocenters. The lowest BCUT2D eigenvalue weighted by molar-refractivity contribution is -0.117. The fourth-order valence-corrected chi connectivity index (χ4v) is 2.24. The fraction of sp³-hybridized carbons (Fsp3) is 0.600. The van der Waals surface area contributed by atoms with Gasteiger partial charge in [-0.15, -0.1) is 0 Å². The highest BCUT2D eigenvalue weighted by Crippen LogP contribution is 2.26. The summed E-state index contributed by atoms with van der Waals surface area (Å²) in [6.45, 7) is -0.421. The topological polar surface area (TPSA) is 127 Å². The predicted molar refractivity (Wildman–Crippen MR) is 62.8 cm³/mol. The van der Waals surface area contributed by atoms with Crippen LogP contribution in [0.25, 0.3) is 0 Å². The molecule has 1 amide bonds. The van der Waals surface area contributed by atoms with Crippen molar-refractivity contribution in [3.63, 3.8) is 0 Å². The number of carbonyl (C=O) groups excluding carboxylic acids is 1. The van der Waals surface area contributed by atoms with Crippen molar-refractivity contribution in [2.24, 2.45) is 15.0 Å². The van der Waals surface area contributed by atoms with E-state index in [4.69, 9.17) is 9.84 Å². The van der Waals surface area contributed by atoms with Gasteiger partial charge in [0.25, 0.3) is 5.91 Å². The summed E-state index contributed by atoms with van der Waals surface area (Å²) in [6, 6.07) is -0.828. The number of amides is 1. The minimum Gasteiger partial charge on any atom is -0.394 e. The Balaban J connectivity index is 1.85. The zero-order valence-electron chi connectivity index (χ0n) is 9.70. The van der Waals surface area contributed by atoms with Gasteiger partial charge in [0.2, 0.25) is 0 Å². The van der Waals surface area contributed by atoms with Crippen molar-refractivity contribution in [1.29, 1.82) is 0 Å². The molecule has 3 heterocycles. The van der Waals surface area contributed by atoms with Crippen molar-refractivity contribution < 1.29 is 24.9 Å². The molecule has 0 aromatic carbocycles. The van der Waals surface area contributed by atoms with Gasteiger partial charge in [-0.05, 0) is 0 Å². The predicted octanol–water partition coefficient (Wildman–Crippen LogP) is -2.90. The van der Waals surface area contributed by atoms with E-state index < -0.39 is 43.1 Å². The first kappa shape index (κ1) is 12.4. The third-order valence-electron chi connectivity index (χ3n) is 3.25. The second kappa shape index (κ2) is 4.46. The van der Waals surface area contributed by atoms with Crippen LogP contribution in [0.3, 0.4) is 0 Å². The molecule has 0 aromatic rings. The van der Waals surface area contributed by atoms with E-state index in [1.165, 1.54) is 11.2 Å². The summed E-state index contributed by atoms with van der Waals surface area (Å²) in [5.74, 6) is -0.162. The summed E-state index contributed by atoms with van der Waals surface area (Å²) in [4.78, 5) is 24.3. The van der Waals surface area contributed by atoms with Crippen molar-refractivity contribution in [2.45, 2.75) is 30.6 Å². The standard InChI is InChI=1S/C10H12N4O5/c15-1-4-6(16)7(17)10(19-4)14-3-13-5-8(14)11-2-12-9(5)18/h2-7,10,15-17H,1H2/t4-,5?,6-,7-,10-/m1/s1. The van der Waals surface area contributed by atoms with Gasteiger partial charge < -0.3 is 20.1 Å². The van der Waals surface area contributed by atoms with Gasteiger partial charge in [0.1, 0.15) is 30.5 Å². The normalized spacial score (nSPS) is 40.8. The number of amidine groups is 1. The van der Waals surface area contributed by atoms with Crippen LogP contribution in [-0.4, -0.2) is 81.8 Å². The Hall–Kier alpha value is -1.68. The van der Waals surface area contributed by atoms with Crippen molar-refractivity contribution in [1.82, 2.24) is 4.90 Å². The molecule has 1 fully saturated rings. The van der Waals surface area contributed by atoms with Gasteiger partial charge in [-0.1, -0.05) is 0 Å². The number of fused-ring (bicyclic) bond motifs is 1. The SMILES string of the molecule is O=C1N=CN=C2C1N=CN2[C@@H]1O[C@H](CO)[C@@H](O)[C@H]1O. The lowest BCUT2D eigenvalue weighted by atomic mass is 10.1. The van der Waals surface area contributed by atoms with Crippen molar-refractivity contribution in [3.05, 3.63) is 0 Å². The summed E-state index contributed by atoms with van der Waals surface area (Å²) in [5, 5.41) is 28.6. The summed E-state index contributed by atoms with van der Waals surface area (Å²) in [6.07, 6.45) is -1.86. The molecule has 0 spiro atoms. The second-order valence-electron chi connectivity index (χ2n) is 4.37. The summed E-state index contributed by atoms with van der Waals surface area (Å²) in [7, 11) is 0. The van der Waals surface area contributed by atoms with Crippen molar-refractivity contribution >= 4 is 24.4 Å². The lowest BCUT2D eigenvalue weighted by Crippen LogP contribution is -2.48. The third-order valence-corrected chi connectivity index (χ3v) is 3.25. The molecule has 3 aliphatic rings. The molecule has 9 heteroatoms. The monoisotopic (exact) mass is 268 g/mol. The van der Waals surface area contributed by atoms with E-state index in [0.29, 0.717) is 0 Å². The summed E-state index contributed by atoms with van der Waals surface area (Å²) >= 11 is 0. The molecule has 0 aliphatic carbocycles. The number of hydrogen-bond donors (Lipinski definition) is 3. The van der Waals surface area contributed by atoms with E-state index in [9.17, 15) is 15.0 Å². The van der Waals surface area contributed by atoms with Crippen molar-refractivity contribution in [3.8, 4) is 0 Å². The number of aliphatic hydroxyl groups excluding tert-OH is 3. The van der Waals surface area contributed by atoms with Crippen LogP contribution in [0.4, 0.5) is 0 Å². The van der Waals surface area contributed by atoms with Gasteiger partial charge in [-0.25, -0.2) is 4.99 Å². The molecule has 3 N–H and O–H groups in total. The van der Waals surface area contributed by atoms with E-state index in [0.717, 1.165) is 6.34 Å². The number of aliphatic imine (C=N–C) groups is 3. The highest BCUT2D eigenvalue weighted by molar-refractivity contribution is 6.19. The first-order valence-electron chi connectivity index (χ1n) is 5.71. The highest BCUT2D eigenvalue weighted by Gasteiger charge is 2.48. The van der Waals surface area contributed by atoms with Crippen molar-refractivity contribution in [2.75, 3.05) is 6.61 Å². The Morgan fingerprint density at radius 2 is 2.16 bits per heavy atom. The van der Waals surface area contributed by atoms with E-state index in [2.05, 4.69) is 15.0 Å². The Morgan fingerprint density at radius 3 is 2.84 bits per heavy atom. The summed E-state index contributed by atoms with van der Waals surface area (Å²) < 4.78 is 5.35. The molecular formula is C10H12N4O5. The molecule has 19 heavy (non-hydrogen) atoms. The van der Waals surface area contributed by atoms with Gasteiger partial charge >= 0.3 is 0 Å². The molecule has 0 aromatic heterocycles. The zero-order valence-corrected chi connectivity index (χ0v) is 9.70. The lowest BCUT2D eigenvalue weighted by Gasteiger charge is -2.26. The number of rotatable bonds is 2. The molecule has 3 rings (SSSR count). The Bertz CT molecular complexity index is 490. The smallest absolute Gasteiger partial charge is 0.279 e. The molecule has 9 nitrogen and oxygen atoms in total. The summed E-state index contributed by atoms with van der Waals surface area (Å²) in [5.41, 5.74) is 0. The van der Waals surface area contributed by atoms with Crippen LogP contribution in [0.5, 0.6) is 0 Å². The largest absolute Gasteiger partial charge is 0.394 e. The number of nitrogens with zero attached hydrogens (tertiary/aromatic N) is 4. The average molecular weight is 268 g/mol. The zero-order chi connectivity index (χ0) is 13.6. The average Bonchev–Trinajstić information content (AvgIpc) is 2.94. The molecule has 0 bridgehead atoms. The molecule has 1 saturated heterocycles. The van der Waals surface area contributed by atoms with Crippen LogP contribution in [-0.2, 0) is 9.53 Å². The van der Waals surface area contributed by atoms with Gasteiger partial charge in [0.15, 0.2) is 12.3 Å². The van der Waals surface area contributed by atoms with Crippen LogP contribution < -0.4 is 0 Å². The Labute approximate surface area is 107 Å². The fourth-order valence-electron chi connectivity index (χ4n) is 2.24. The Morgan fingerprint density at radius 1 is 1.37 bits per heavy atom. The van der Waals surface area contributed by atoms with Gasteiger partial charge in [-0.2, -0.15) is 4.99 Å². The minimum atomic E-state index is -1.24. The first-order valence-corrected chi connectivity index (χ1v) is 5.71. The molecule has 1 unspecified atom stereocenters. The van der Waals surface area contributed by atoms with E-state index in [1.807, 2.05) is 0 Å². The number of hydrogen-bond acceptors (Lipinski definition) is 8. The quantitative estimate of drug-likeness (QED) is 0.493. The van der Waals surface area contributed by atoms with Crippen LogP contribution in [0, 0.1) is 0 Å². The maximum atomic E-state index is 11.5. The van der Waals surface area contributed by atoms with Crippen LogP contribution in [0.15, 0.2) is 15.0 Å². The number of ether oxygens (including phenoxy) is 1. The van der Waals surface area contributed by atoms with E-state index in [1.54, 1.807) is 0 Å². The van der Waals surface area contributed by atoms with Gasteiger partial charge in [0.05, 0.1) is 12.9 Å². The molecule has 102 valence electrons. The molecule has 3 aliphatic heterocycles. The first-order chi connectivity index (χ1) is 9.13. The second-order valence-corrected chi connectivity index (χ2v) is 4.37. The maximum absolute atomic E-state index is 11.5. The highest BCUT2D eigenvalue weighted by atomic mass is 16.6. The number of carbonyl (C=O) groups is 1. The number of aliphatic hydroxyl groups is 3. The minimum absolute atomic E-state index is 0.287. The molecule has 0 radical (unpaired) electrons. The third kappa shape index (κ3) is 1.78. The molecular weight excluding hydrogens is 256 g/mol. The molecule has 0 saturated carbocycles. The van der Waals surface area contributed by atoms with E-state index in [-0.39, 0.29) is 5.84 Å². The van der Waals surface area contributed by atoms with Crippen LogP contribution >= 0.6 is 0 Å². The van der Waals surface area contributed by atoms with E-state index >= 15 is 0 Å².